The van der Waals surface area contributed by atoms with Gasteiger partial charge in [0.05, 0.1) is 18.8 Å². The molecule has 0 bridgehead atoms. The van der Waals surface area contributed by atoms with Crippen LogP contribution in [0.2, 0.25) is 0 Å². The molecule has 0 fully saturated rings. The van der Waals surface area contributed by atoms with Gasteiger partial charge in [0, 0.05) is 17.8 Å². The lowest BCUT2D eigenvalue weighted by atomic mass is 10.0. The lowest BCUT2D eigenvalue weighted by Crippen LogP contribution is -2.21. The van der Waals surface area contributed by atoms with E-state index in [-0.39, 0.29) is 6.04 Å². The summed E-state index contributed by atoms with van der Waals surface area (Å²) >= 11 is 0. The number of nitrogens with one attached hydrogen (secondary N) is 1. The molecule has 0 aromatic carbocycles. The number of nitrogens with zero attached hydrogens (tertiary/aromatic N) is 3. The van der Waals surface area contributed by atoms with Gasteiger partial charge in [0.1, 0.15) is 12.1 Å². The van der Waals surface area contributed by atoms with Gasteiger partial charge in [-0.05, 0) is 25.6 Å². The molecule has 2 aromatic rings. The van der Waals surface area contributed by atoms with Crippen LogP contribution in [0.1, 0.15) is 22.9 Å². The van der Waals surface area contributed by atoms with Crippen LogP contribution in [0.15, 0.2) is 24.7 Å². The van der Waals surface area contributed by atoms with Crippen LogP contribution in [0.3, 0.4) is 0 Å². The Balaban J connectivity index is 2.46. The predicted molar refractivity (Wildman–Crippen MR) is 72.9 cm³/mol. The van der Waals surface area contributed by atoms with Gasteiger partial charge in [0.2, 0.25) is 5.88 Å². The predicted octanol–water partition coefficient (Wildman–Crippen LogP) is 1.08. The molecule has 1 unspecified atom stereocenters. The lowest BCUT2D eigenvalue weighted by molar-refractivity contribution is 0.395. The number of anilines is 1. The van der Waals surface area contributed by atoms with Crippen molar-refractivity contribution >= 4 is 5.82 Å². The Morgan fingerprint density at radius 3 is 2.74 bits per heavy atom. The number of aryl methyl sites for hydroxylation is 1. The van der Waals surface area contributed by atoms with Crippen LogP contribution in [0.25, 0.3) is 0 Å². The van der Waals surface area contributed by atoms with Crippen LogP contribution in [-0.4, -0.2) is 29.1 Å². The summed E-state index contributed by atoms with van der Waals surface area (Å²) in [7, 11) is 3.42. The Labute approximate surface area is 112 Å². The number of pyridine rings is 1. The summed E-state index contributed by atoms with van der Waals surface area (Å²) in [5, 5.41) is 3.19. The maximum atomic E-state index is 5.95. The molecule has 0 aliphatic rings. The van der Waals surface area contributed by atoms with Crippen LogP contribution < -0.4 is 15.8 Å². The minimum absolute atomic E-state index is 0.149. The highest BCUT2D eigenvalue weighted by molar-refractivity contribution is 5.46. The molecule has 6 nitrogen and oxygen atoms in total. The highest BCUT2D eigenvalue weighted by Gasteiger charge is 2.18. The van der Waals surface area contributed by atoms with Gasteiger partial charge < -0.3 is 15.8 Å². The van der Waals surface area contributed by atoms with Gasteiger partial charge in [0.15, 0.2) is 0 Å². The molecule has 0 aliphatic heterocycles. The number of methoxy groups -OCH3 is 1. The topological polar surface area (TPSA) is 86.0 Å². The standard InChI is InChI=1S/C13H17N5O/c1-8-4-9(13(14)16-6-8)12(15-2)10-5-11(19-3)18-7-17-10/h4-7,12,15H,1-3H3,(H2,14,16). The highest BCUT2D eigenvalue weighted by atomic mass is 16.5. The van der Waals surface area contributed by atoms with Crippen molar-refractivity contribution in [2.24, 2.45) is 0 Å². The van der Waals surface area contributed by atoms with E-state index < -0.39 is 0 Å². The van der Waals surface area contributed by atoms with E-state index in [1.54, 1.807) is 19.4 Å². The number of hydrogen-bond donors (Lipinski definition) is 2. The first-order valence-corrected chi connectivity index (χ1v) is 5.91. The van der Waals surface area contributed by atoms with E-state index in [1.807, 2.05) is 20.0 Å². The van der Waals surface area contributed by atoms with Crippen molar-refractivity contribution in [2.45, 2.75) is 13.0 Å². The fourth-order valence-electron chi connectivity index (χ4n) is 1.92. The third-order valence-electron chi connectivity index (χ3n) is 2.85. The lowest BCUT2D eigenvalue weighted by Gasteiger charge is -2.18. The molecular weight excluding hydrogens is 242 g/mol. The van der Waals surface area contributed by atoms with Crippen LogP contribution in [0.4, 0.5) is 5.82 Å². The summed E-state index contributed by atoms with van der Waals surface area (Å²) in [6.45, 7) is 1.98. The Kier molecular flexibility index (Phi) is 3.91. The molecule has 0 spiro atoms. The molecule has 0 amide bonds. The average molecular weight is 259 g/mol. The maximum Gasteiger partial charge on any atom is 0.216 e. The molecule has 0 aliphatic carbocycles. The Bertz CT molecular complexity index is 573. The molecule has 2 rings (SSSR count). The third-order valence-corrected chi connectivity index (χ3v) is 2.85. The van der Waals surface area contributed by atoms with Crippen molar-refractivity contribution in [2.75, 3.05) is 19.9 Å². The number of aromatic nitrogens is 3. The Morgan fingerprint density at radius 2 is 2.05 bits per heavy atom. The van der Waals surface area contributed by atoms with Crippen LogP contribution in [0, 0.1) is 6.92 Å². The van der Waals surface area contributed by atoms with Crippen LogP contribution in [0.5, 0.6) is 5.88 Å². The van der Waals surface area contributed by atoms with Gasteiger partial charge in [-0.3, -0.25) is 0 Å². The van der Waals surface area contributed by atoms with E-state index in [4.69, 9.17) is 10.5 Å². The van der Waals surface area contributed by atoms with Crippen molar-refractivity contribution < 1.29 is 4.74 Å². The molecule has 100 valence electrons. The smallest absolute Gasteiger partial charge is 0.216 e. The van der Waals surface area contributed by atoms with Gasteiger partial charge in [-0.25, -0.2) is 15.0 Å². The van der Waals surface area contributed by atoms with Gasteiger partial charge in [-0.2, -0.15) is 0 Å². The first-order chi connectivity index (χ1) is 9.15. The molecule has 2 aromatic heterocycles. The minimum atomic E-state index is -0.149. The number of nitrogens with two attached hydrogens (primary N) is 1. The molecule has 0 radical (unpaired) electrons. The zero-order valence-corrected chi connectivity index (χ0v) is 11.2. The summed E-state index contributed by atoms with van der Waals surface area (Å²) in [5.74, 6) is 1.01. The molecule has 0 saturated heterocycles. The monoisotopic (exact) mass is 259 g/mol. The normalized spacial score (nSPS) is 12.2. The van der Waals surface area contributed by atoms with Crippen molar-refractivity contribution in [1.29, 1.82) is 0 Å². The Morgan fingerprint density at radius 1 is 1.26 bits per heavy atom. The second-order valence-corrected chi connectivity index (χ2v) is 4.19. The molecule has 19 heavy (non-hydrogen) atoms. The zero-order valence-electron chi connectivity index (χ0n) is 11.2. The molecule has 3 N–H and O–H groups in total. The second kappa shape index (κ2) is 5.62. The summed E-state index contributed by atoms with van der Waals surface area (Å²) < 4.78 is 5.11. The number of nitrogen functional groups attached to an aromatic ring is 1. The largest absolute Gasteiger partial charge is 0.481 e. The van der Waals surface area contributed by atoms with Crippen LogP contribution >= 0.6 is 0 Å². The fourth-order valence-corrected chi connectivity index (χ4v) is 1.92. The van der Waals surface area contributed by atoms with Crippen molar-refractivity contribution in [3.8, 4) is 5.88 Å². The highest BCUT2D eigenvalue weighted by Crippen LogP contribution is 2.25. The van der Waals surface area contributed by atoms with Gasteiger partial charge in [-0.1, -0.05) is 0 Å². The van der Waals surface area contributed by atoms with E-state index in [1.165, 1.54) is 6.33 Å². The van der Waals surface area contributed by atoms with Gasteiger partial charge in [-0.15, -0.1) is 0 Å². The first-order valence-electron chi connectivity index (χ1n) is 5.91. The molecule has 2 heterocycles. The zero-order chi connectivity index (χ0) is 13.8. The third kappa shape index (κ3) is 2.79. The van der Waals surface area contributed by atoms with Crippen molar-refractivity contribution in [3.05, 3.63) is 41.5 Å². The van der Waals surface area contributed by atoms with Crippen molar-refractivity contribution in [3.63, 3.8) is 0 Å². The Hall–Kier alpha value is -2.21. The quantitative estimate of drug-likeness (QED) is 0.854. The van der Waals surface area contributed by atoms with E-state index in [9.17, 15) is 0 Å². The summed E-state index contributed by atoms with van der Waals surface area (Å²) in [5.41, 5.74) is 8.67. The molecule has 0 saturated carbocycles. The molecule has 6 heteroatoms. The summed E-state index contributed by atoms with van der Waals surface area (Å²) in [6, 6.07) is 3.63. The van der Waals surface area contributed by atoms with Crippen molar-refractivity contribution in [1.82, 2.24) is 20.3 Å². The van der Waals surface area contributed by atoms with E-state index >= 15 is 0 Å². The molecular formula is C13H17N5O. The minimum Gasteiger partial charge on any atom is -0.481 e. The summed E-state index contributed by atoms with van der Waals surface area (Å²) in [4.78, 5) is 12.4. The average Bonchev–Trinajstić information content (AvgIpc) is 2.44. The number of ether oxygens (including phenoxy) is 1. The number of rotatable bonds is 4. The summed E-state index contributed by atoms with van der Waals surface area (Å²) in [6.07, 6.45) is 3.21. The fraction of sp³-hybridized carbons (Fsp3) is 0.308. The van der Waals surface area contributed by atoms with Gasteiger partial charge in [0.25, 0.3) is 0 Å². The maximum absolute atomic E-state index is 5.95. The first kappa shape index (κ1) is 13.2. The van der Waals surface area contributed by atoms with E-state index in [0.717, 1.165) is 16.8 Å². The second-order valence-electron chi connectivity index (χ2n) is 4.19. The van der Waals surface area contributed by atoms with E-state index in [2.05, 4.69) is 20.3 Å². The molecule has 1 atom stereocenters. The van der Waals surface area contributed by atoms with E-state index in [0.29, 0.717) is 11.7 Å². The number of hydrogen-bond acceptors (Lipinski definition) is 6. The SMILES string of the molecule is CNC(c1cc(OC)ncn1)c1cc(C)cnc1N. The van der Waals surface area contributed by atoms with Gasteiger partial charge >= 0.3 is 0 Å². The van der Waals surface area contributed by atoms with Crippen LogP contribution in [-0.2, 0) is 0 Å².